The summed E-state index contributed by atoms with van der Waals surface area (Å²) in [6.45, 7) is 3.55. The van der Waals surface area contributed by atoms with Crippen LogP contribution in [0.1, 0.15) is 18.9 Å². The van der Waals surface area contributed by atoms with Crippen LogP contribution < -0.4 is 10.6 Å². The van der Waals surface area contributed by atoms with E-state index in [0.29, 0.717) is 12.5 Å². The van der Waals surface area contributed by atoms with Crippen LogP contribution in [0.4, 0.5) is 16.2 Å². The topological polar surface area (TPSA) is 49.8 Å². The van der Waals surface area contributed by atoms with E-state index in [0.717, 1.165) is 24.3 Å². The van der Waals surface area contributed by atoms with Crippen molar-refractivity contribution in [2.75, 3.05) is 17.2 Å². The van der Waals surface area contributed by atoms with Gasteiger partial charge in [-0.2, -0.15) is 4.98 Å². The second-order valence-corrected chi connectivity index (χ2v) is 4.17. The Morgan fingerprint density at radius 3 is 2.63 bits per heavy atom. The molecule has 2 aromatic rings. The lowest BCUT2D eigenvalue weighted by Gasteiger charge is -2.07. The van der Waals surface area contributed by atoms with Crippen molar-refractivity contribution < 1.29 is 4.39 Å². The van der Waals surface area contributed by atoms with Crippen LogP contribution in [-0.2, 0) is 6.54 Å². The quantitative estimate of drug-likeness (QED) is 0.838. The van der Waals surface area contributed by atoms with Gasteiger partial charge in [-0.1, -0.05) is 19.1 Å². The standard InChI is InChI=1S/C14H17FN4/c1-2-8-16-13-7-9-17-14(19-13)18-10-11-3-5-12(15)6-4-11/h3-7,9H,2,8,10H2,1H3,(H2,16,17,18,19). The minimum atomic E-state index is -0.231. The van der Waals surface area contributed by atoms with E-state index >= 15 is 0 Å². The summed E-state index contributed by atoms with van der Waals surface area (Å²) >= 11 is 0. The minimum absolute atomic E-state index is 0.231. The van der Waals surface area contributed by atoms with Crippen LogP contribution in [0.5, 0.6) is 0 Å². The molecule has 0 radical (unpaired) electrons. The number of halogens is 1. The van der Waals surface area contributed by atoms with Gasteiger partial charge in [-0.3, -0.25) is 0 Å². The van der Waals surface area contributed by atoms with E-state index in [1.54, 1.807) is 18.3 Å². The fourth-order valence-electron chi connectivity index (χ4n) is 1.58. The van der Waals surface area contributed by atoms with Gasteiger partial charge in [0, 0.05) is 19.3 Å². The summed E-state index contributed by atoms with van der Waals surface area (Å²) in [6.07, 6.45) is 2.75. The summed E-state index contributed by atoms with van der Waals surface area (Å²) in [6, 6.07) is 8.19. The monoisotopic (exact) mass is 260 g/mol. The lowest BCUT2D eigenvalue weighted by atomic mass is 10.2. The smallest absolute Gasteiger partial charge is 0.224 e. The molecule has 1 aromatic heterocycles. The summed E-state index contributed by atoms with van der Waals surface area (Å²) < 4.78 is 12.8. The van der Waals surface area contributed by atoms with Crippen LogP contribution >= 0.6 is 0 Å². The normalized spacial score (nSPS) is 10.2. The zero-order valence-electron chi connectivity index (χ0n) is 10.9. The molecule has 2 N–H and O–H groups in total. The van der Waals surface area contributed by atoms with Crippen molar-refractivity contribution in [2.24, 2.45) is 0 Å². The highest BCUT2D eigenvalue weighted by atomic mass is 19.1. The zero-order chi connectivity index (χ0) is 13.5. The number of aromatic nitrogens is 2. The van der Waals surface area contributed by atoms with Gasteiger partial charge in [-0.15, -0.1) is 0 Å². The Labute approximate surface area is 112 Å². The predicted octanol–water partition coefficient (Wildman–Crippen LogP) is 3.05. The van der Waals surface area contributed by atoms with E-state index in [-0.39, 0.29) is 5.82 Å². The fourth-order valence-corrected chi connectivity index (χ4v) is 1.58. The first-order valence-corrected chi connectivity index (χ1v) is 6.33. The summed E-state index contributed by atoms with van der Waals surface area (Å²) in [5, 5.41) is 6.31. The predicted molar refractivity (Wildman–Crippen MR) is 74.5 cm³/mol. The molecule has 0 aliphatic carbocycles. The highest BCUT2D eigenvalue weighted by Gasteiger charge is 1.99. The molecule has 100 valence electrons. The van der Waals surface area contributed by atoms with Gasteiger partial charge in [0.05, 0.1) is 0 Å². The first kappa shape index (κ1) is 13.3. The lowest BCUT2D eigenvalue weighted by molar-refractivity contribution is 0.627. The Morgan fingerprint density at radius 1 is 1.11 bits per heavy atom. The number of hydrogen-bond acceptors (Lipinski definition) is 4. The van der Waals surface area contributed by atoms with Crippen molar-refractivity contribution in [1.29, 1.82) is 0 Å². The van der Waals surface area contributed by atoms with E-state index in [9.17, 15) is 4.39 Å². The van der Waals surface area contributed by atoms with E-state index < -0.39 is 0 Å². The molecular weight excluding hydrogens is 243 g/mol. The van der Waals surface area contributed by atoms with Gasteiger partial charge in [0.15, 0.2) is 0 Å². The fraction of sp³-hybridized carbons (Fsp3) is 0.286. The number of rotatable bonds is 6. The molecule has 0 saturated heterocycles. The van der Waals surface area contributed by atoms with E-state index in [4.69, 9.17) is 0 Å². The second-order valence-electron chi connectivity index (χ2n) is 4.17. The molecule has 1 aromatic carbocycles. The van der Waals surface area contributed by atoms with Crippen LogP contribution in [0.3, 0.4) is 0 Å². The maximum atomic E-state index is 12.8. The zero-order valence-corrected chi connectivity index (χ0v) is 10.9. The largest absolute Gasteiger partial charge is 0.370 e. The molecule has 0 spiro atoms. The SMILES string of the molecule is CCCNc1ccnc(NCc2ccc(F)cc2)n1. The molecule has 0 aliphatic heterocycles. The van der Waals surface area contributed by atoms with Gasteiger partial charge < -0.3 is 10.6 Å². The Balaban J connectivity index is 1.93. The summed E-state index contributed by atoms with van der Waals surface area (Å²) in [5.74, 6) is 1.13. The number of nitrogens with one attached hydrogen (secondary N) is 2. The van der Waals surface area contributed by atoms with Crippen LogP contribution in [0.25, 0.3) is 0 Å². The van der Waals surface area contributed by atoms with Gasteiger partial charge in [-0.05, 0) is 30.2 Å². The third-order valence-corrected chi connectivity index (χ3v) is 2.58. The molecule has 1 heterocycles. The maximum Gasteiger partial charge on any atom is 0.224 e. The molecule has 4 nitrogen and oxygen atoms in total. The molecule has 19 heavy (non-hydrogen) atoms. The van der Waals surface area contributed by atoms with Crippen molar-refractivity contribution >= 4 is 11.8 Å². The minimum Gasteiger partial charge on any atom is -0.370 e. The molecule has 0 amide bonds. The molecule has 0 aliphatic rings. The van der Waals surface area contributed by atoms with E-state index in [1.807, 2.05) is 6.07 Å². The summed E-state index contributed by atoms with van der Waals surface area (Å²) in [7, 11) is 0. The van der Waals surface area contributed by atoms with Gasteiger partial charge in [0.25, 0.3) is 0 Å². The van der Waals surface area contributed by atoms with Gasteiger partial charge in [0.1, 0.15) is 11.6 Å². The summed E-state index contributed by atoms with van der Waals surface area (Å²) in [5.41, 5.74) is 0.983. The molecule has 2 rings (SSSR count). The second kappa shape index (κ2) is 6.68. The first-order valence-electron chi connectivity index (χ1n) is 6.33. The molecule has 0 atom stereocenters. The van der Waals surface area contributed by atoms with Crippen LogP contribution in [0.15, 0.2) is 36.5 Å². The molecule has 0 unspecified atom stereocenters. The molecule has 0 saturated carbocycles. The Kier molecular flexibility index (Phi) is 4.66. The maximum absolute atomic E-state index is 12.8. The Morgan fingerprint density at radius 2 is 1.89 bits per heavy atom. The van der Waals surface area contributed by atoms with Crippen LogP contribution in [0, 0.1) is 5.82 Å². The Bertz CT molecular complexity index is 513. The number of benzene rings is 1. The van der Waals surface area contributed by atoms with Crippen LogP contribution in [-0.4, -0.2) is 16.5 Å². The van der Waals surface area contributed by atoms with Crippen molar-refractivity contribution in [3.05, 3.63) is 47.9 Å². The summed E-state index contributed by atoms with van der Waals surface area (Å²) in [4.78, 5) is 8.48. The number of nitrogens with zero attached hydrogens (tertiary/aromatic N) is 2. The molecular formula is C14H17FN4. The molecule has 0 bridgehead atoms. The average molecular weight is 260 g/mol. The first-order chi connectivity index (χ1) is 9.28. The highest BCUT2D eigenvalue weighted by Crippen LogP contribution is 2.08. The van der Waals surface area contributed by atoms with Crippen molar-refractivity contribution in [3.8, 4) is 0 Å². The van der Waals surface area contributed by atoms with E-state index in [2.05, 4.69) is 27.5 Å². The third-order valence-electron chi connectivity index (χ3n) is 2.58. The van der Waals surface area contributed by atoms with Gasteiger partial charge in [-0.25, -0.2) is 9.37 Å². The van der Waals surface area contributed by atoms with Crippen LogP contribution in [0.2, 0.25) is 0 Å². The third kappa shape index (κ3) is 4.21. The highest BCUT2D eigenvalue weighted by molar-refractivity contribution is 5.39. The van der Waals surface area contributed by atoms with Gasteiger partial charge >= 0.3 is 0 Å². The van der Waals surface area contributed by atoms with Gasteiger partial charge in [0.2, 0.25) is 5.95 Å². The molecule has 0 fully saturated rings. The molecule has 5 heteroatoms. The van der Waals surface area contributed by atoms with Crippen molar-refractivity contribution in [2.45, 2.75) is 19.9 Å². The number of anilines is 2. The lowest BCUT2D eigenvalue weighted by Crippen LogP contribution is -2.07. The number of hydrogen-bond donors (Lipinski definition) is 2. The Hall–Kier alpha value is -2.17. The van der Waals surface area contributed by atoms with E-state index in [1.165, 1.54) is 12.1 Å². The average Bonchev–Trinajstić information content (AvgIpc) is 2.45. The van der Waals surface area contributed by atoms with Crippen molar-refractivity contribution in [1.82, 2.24) is 9.97 Å². The van der Waals surface area contributed by atoms with Crippen molar-refractivity contribution in [3.63, 3.8) is 0 Å².